The van der Waals surface area contributed by atoms with Crippen LogP contribution in [-0.4, -0.2) is 18.6 Å². The lowest BCUT2D eigenvalue weighted by Crippen LogP contribution is -2.46. The maximum atomic E-state index is 11.9. The molecule has 94 valence electrons. The van der Waals surface area contributed by atoms with Crippen LogP contribution < -0.4 is 5.32 Å². The number of hydrogen-bond acceptors (Lipinski definition) is 3. The van der Waals surface area contributed by atoms with E-state index in [1.54, 1.807) is 0 Å². The van der Waals surface area contributed by atoms with E-state index < -0.39 is 5.54 Å². The van der Waals surface area contributed by atoms with E-state index in [0.717, 1.165) is 11.3 Å². The second kappa shape index (κ2) is 5.71. The highest BCUT2D eigenvalue weighted by Crippen LogP contribution is 2.25. The lowest BCUT2D eigenvalue weighted by molar-refractivity contribution is -0.146. The molecule has 0 spiro atoms. The number of esters is 1. The minimum absolute atomic E-state index is 0.203. The Morgan fingerprint density at radius 1 is 1.29 bits per heavy atom. The summed E-state index contributed by atoms with van der Waals surface area (Å²) < 4.78 is 4.91. The summed E-state index contributed by atoms with van der Waals surface area (Å²) in [5.74, 6) is -0.203. The van der Waals surface area contributed by atoms with E-state index in [4.69, 9.17) is 4.74 Å². The SMILES string of the molecule is CCC(CC)(Nc1ccccc1C)C(=O)OC. The molecule has 0 fully saturated rings. The van der Waals surface area contributed by atoms with Crippen LogP contribution in [-0.2, 0) is 9.53 Å². The summed E-state index contributed by atoms with van der Waals surface area (Å²) in [7, 11) is 1.43. The number of hydrogen-bond donors (Lipinski definition) is 1. The van der Waals surface area contributed by atoms with E-state index in [0.29, 0.717) is 12.8 Å². The molecule has 17 heavy (non-hydrogen) atoms. The number of aryl methyl sites for hydroxylation is 1. The number of ether oxygens (including phenoxy) is 1. The van der Waals surface area contributed by atoms with Crippen molar-refractivity contribution in [1.29, 1.82) is 0 Å². The largest absolute Gasteiger partial charge is 0.467 e. The normalized spacial score (nSPS) is 11.1. The van der Waals surface area contributed by atoms with Crippen molar-refractivity contribution in [3.05, 3.63) is 29.8 Å². The van der Waals surface area contributed by atoms with Crippen molar-refractivity contribution in [2.24, 2.45) is 0 Å². The molecular weight excluding hydrogens is 214 g/mol. The van der Waals surface area contributed by atoms with Gasteiger partial charge >= 0.3 is 5.97 Å². The Bertz CT molecular complexity index is 384. The molecule has 0 radical (unpaired) electrons. The van der Waals surface area contributed by atoms with Gasteiger partial charge in [0.25, 0.3) is 0 Å². The molecule has 1 rings (SSSR count). The lowest BCUT2D eigenvalue weighted by atomic mass is 9.92. The highest BCUT2D eigenvalue weighted by Gasteiger charge is 2.36. The third kappa shape index (κ3) is 2.78. The molecule has 0 heterocycles. The topological polar surface area (TPSA) is 38.3 Å². The number of carbonyl (C=O) groups is 1. The fourth-order valence-corrected chi connectivity index (χ4v) is 1.93. The average Bonchev–Trinajstić information content (AvgIpc) is 2.37. The zero-order chi connectivity index (χ0) is 12.9. The molecule has 3 heteroatoms. The molecule has 0 saturated heterocycles. The van der Waals surface area contributed by atoms with Gasteiger partial charge in [0.15, 0.2) is 0 Å². The molecule has 0 unspecified atom stereocenters. The van der Waals surface area contributed by atoms with E-state index in [2.05, 4.69) is 5.32 Å². The monoisotopic (exact) mass is 235 g/mol. The smallest absolute Gasteiger partial charge is 0.331 e. The molecule has 0 saturated carbocycles. The Kier molecular flexibility index (Phi) is 4.55. The summed E-state index contributed by atoms with van der Waals surface area (Å²) >= 11 is 0. The molecule has 0 aliphatic carbocycles. The van der Waals surface area contributed by atoms with Crippen molar-refractivity contribution in [1.82, 2.24) is 0 Å². The first-order valence-corrected chi connectivity index (χ1v) is 6.02. The molecule has 0 aliphatic heterocycles. The van der Waals surface area contributed by atoms with Gasteiger partial charge in [0.1, 0.15) is 5.54 Å². The van der Waals surface area contributed by atoms with Crippen LogP contribution in [0.25, 0.3) is 0 Å². The molecule has 0 atom stereocenters. The van der Waals surface area contributed by atoms with Crippen molar-refractivity contribution in [3.63, 3.8) is 0 Å². The first-order valence-electron chi connectivity index (χ1n) is 6.02. The van der Waals surface area contributed by atoms with Crippen LogP contribution in [0.2, 0.25) is 0 Å². The first-order chi connectivity index (χ1) is 8.09. The number of carbonyl (C=O) groups excluding carboxylic acids is 1. The predicted molar refractivity (Wildman–Crippen MR) is 70.1 cm³/mol. The fourth-order valence-electron chi connectivity index (χ4n) is 1.93. The van der Waals surface area contributed by atoms with Crippen molar-refractivity contribution in [3.8, 4) is 0 Å². The van der Waals surface area contributed by atoms with Gasteiger partial charge in [-0.3, -0.25) is 0 Å². The predicted octanol–water partition coefficient (Wildman–Crippen LogP) is 3.14. The van der Waals surface area contributed by atoms with Gasteiger partial charge in [-0.15, -0.1) is 0 Å². The molecule has 0 amide bonds. The van der Waals surface area contributed by atoms with Crippen molar-refractivity contribution in [2.45, 2.75) is 39.2 Å². The standard InChI is InChI=1S/C14H21NO2/c1-5-14(6-2,13(16)17-4)15-12-10-8-7-9-11(12)3/h7-10,15H,5-6H2,1-4H3. The molecular formula is C14H21NO2. The molecule has 1 N–H and O–H groups in total. The number of nitrogens with one attached hydrogen (secondary N) is 1. The zero-order valence-corrected chi connectivity index (χ0v) is 11.0. The number of rotatable bonds is 5. The van der Waals surface area contributed by atoms with Gasteiger partial charge in [0, 0.05) is 5.69 Å². The lowest BCUT2D eigenvalue weighted by Gasteiger charge is -2.31. The van der Waals surface area contributed by atoms with E-state index in [-0.39, 0.29) is 5.97 Å². The summed E-state index contributed by atoms with van der Waals surface area (Å²) in [6.45, 7) is 6.01. The highest BCUT2D eigenvalue weighted by atomic mass is 16.5. The maximum absolute atomic E-state index is 11.9. The minimum atomic E-state index is -0.624. The van der Waals surface area contributed by atoms with Crippen LogP contribution in [0.1, 0.15) is 32.3 Å². The average molecular weight is 235 g/mol. The van der Waals surface area contributed by atoms with Gasteiger partial charge in [-0.05, 0) is 31.4 Å². The summed E-state index contributed by atoms with van der Waals surface area (Å²) in [6, 6.07) is 7.95. The Morgan fingerprint density at radius 2 is 1.88 bits per heavy atom. The van der Waals surface area contributed by atoms with Crippen LogP contribution in [0.5, 0.6) is 0 Å². The summed E-state index contributed by atoms with van der Waals surface area (Å²) in [5.41, 5.74) is 1.49. The van der Waals surface area contributed by atoms with Gasteiger partial charge in [0.2, 0.25) is 0 Å². The highest BCUT2D eigenvalue weighted by molar-refractivity contribution is 5.84. The second-order valence-electron chi connectivity index (χ2n) is 4.22. The van der Waals surface area contributed by atoms with Gasteiger partial charge in [-0.25, -0.2) is 4.79 Å². The molecule has 1 aromatic carbocycles. The van der Waals surface area contributed by atoms with Crippen molar-refractivity contribution < 1.29 is 9.53 Å². The Balaban J connectivity index is 3.02. The van der Waals surface area contributed by atoms with Gasteiger partial charge in [-0.1, -0.05) is 32.0 Å². The quantitative estimate of drug-likeness (QED) is 0.797. The number of benzene rings is 1. The Hall–Kier alpha value is -1.51. The van der Waals surface area contributed by atoms with Gasteiger partial charge in [-0.2, -0.15) is 0 Å². The third-order valence-corrected chi connectivity index (χ3v) is 3.30. The Labute approximate surface area is 103 Å². The van der Waals surface area contributed by atoms with Crippen LogP contribution in [0, 0.1) is 6.92 Å². The minimum Gasteiger partial charge on any atom is -0.467 e. The third-order valence-electron chi connectivity index (χ3n) is 3.30. The van der Waals surface area contributed by atoms with Crippen molar-refractivity contribution >= 4 is 11.7 Å². The Morgan fingerprint density at radius 3 is 2.35 bits per heavy atom. The number of para-hydroxylation sites is 1. The summed E-state index contributed by atoms with van der Waals surface area (Å²) in [5, 5.41) is 3.34. The molecule has 0 bridgehead atoms. The second-order valence-corrected chi connectivity index (χ2v) is 4.22. The van der Waals surface area contributed by atoms with Crippen LogP contribution >= 0.6 is 0 Å². The molecule has 1 aromatic rings. The van der Waals surface area contributed by atoms with Crippen LogP contribution in [0.3, 0.4) is 0 Å². The maximum Gasteiger partial charge on any atom is 0.331 e. The van der Waals surface area contributed by atoms with E-state index in [1.807, 2.05) is 45.0 Å². The number of methoxy groups -OCH3 is 1. The molecule has 3 nitrogen and oxygen atoms in total. The molecule has 0 aliphatic rings. The number of anilines is 1. The van der Waals surface area contributed by atoms with E-state index >= 15 is 0 Å². The van der Waals surface area contributed by atoms with Crippen molar-refractivity contribution in [2.75, 3.05) is 12.4 Å². The summed E-state index contributed by atoms with van der Waals surface area (Å²) in [4.78, 5) is 11.9. The van der Waals surface area contributed by atoms with Crippen LogP contribution in [0.15, 0.2) is 24.3 Å². The molecule has 0 aromatic heterocycles. The fraction of sp³-hybridized carbons (Fsp3) is 0.500. The van der Waals surface area contributed by atoms with Gasteiger partial charge in [0.05, 0.1) is 7.11 Å². The van der Waals surface area contributed by atoms with E-state index in [9.17, 15) is 4.79 Å². The zero-order valence-electron chi connectivity index (χ0n) is 11.0. The summed E-state index contributed by atoms with van der Waals surface area (Å²) in [6.07, 6.45) is 1.40. The van der Waals surface area contributed by atoms with Crippen LogP contribution in [0.4, 0.5) is 5.69 Å². The van der Waals surface area contributed by atoms with E-state index in [1.165, 1.54) is 7.11 Å². The van der Waals surface area contributed by atoms with Gasteiger partial charge < -0.3 is 10.1 Å². The first kappa shape index (κ1) is 13.6.